The highest BCUT2D eigenvalue weighted by molar-refractivity contribution is 6.36. The highest BCUT2D eigenvalue weighted by Gasteiger charge is 2.44. The SMILES string of the molecule is N#Cc1cccc(C(=O)N2CCC3(CC2)CC(=O)c2cc(Cl)cc(Cl)c2O3)c1. The number of ether oxygens (including phenoxy) is 1. The monoisotopic (exact) mass is 414 g/mol. The van der Waals surface area contributed by atoms with E-state index in [1.807, 2.05) is 6.07 Å². The van der Waals surface area contributed by atoms with Crippen molar-refractivity contribution in [2.24, 2.45) is 0 Å². The molecule has 0 unspecified atom stereocenters. The summed E-state index contributed by atoms with van der Waals surface area (Å²) in [7, 11) is 0. The van der Waals surface area contributed by atoms with Gasteiger partial charge in [0.05, 0.1) is 28.6 Å². The van der Waals surface area contributed by atoms with Crippen LogP contribution in [0.25, 0.3) is 0 Å². The maximum atomic E-state index is 12.8. The summed E-state index contributed by atoms with van der Waals surface area (Å²) in [6, 6.07) is 11.8. The summed E-state index contributed by atoms with van der Waals surface area (Å²) < 4.78 is 6.19. The molecule has 0 bridgehead atoms. The van der Waals surface area contributed by atoms with Gasteiger partial charge in [-0.15, -0.1) is 0 Å². The number of halogens is 2. The first-order valence-electron chi connectivity index (χ1n) is 8.91. The van der Waals surface area contributed by atoms with Gasteiger partial charge in [0.25, 0.3) is 5.91 Å². The molecular weight excluding hydrogens is 399 g/mol. The molecule has 1 spiro atoms. The normalized spacial score (nSPS) is 17.6. The van der Waals surface area contributed by atoms with E-state index in [2.05, 4.69) is 0 Å². The average Bonchev–Trinajstić information content (AvgIpc) is 2.69. The van der Waals surface area contributed by atoms with Gasteiger partial charge >= 0.3 is 0 Å². The second-order valence-corrected chi connectivity index (χ2v) is 7.98. The molecule has 0 saturated carbocycles. The fourth-order valence-corrected chi connectivity index (χ4v) is 4.34. The third kappa shape index (κ3) is 3.34. The molecule has 1 amide bonds. The number of hydrogen-bond acceptors (Lipinski definition) is 4. The number of piperidine rings is 1. The van der Waals surface area contributed by atoms with Gasteiger partial charge in [-0.2, -0.15) is 5.26 Å². The van der Waals surface area contributed by atoms with Gasteiger partial charge in [0.15, 0.2) is 5.78 Å². The van der Waals surface area contributed by atoms with Crippen molar-refractivity contribution < 1.29 is 14.3 Å². The summed E-state index contributed by atoms with van der Waals surface area (Å²) in [5.74, 6) is 0.204. The quantitative estimate of drug-likeness (QED) is 0.688. The third-order valence-corrected chi connectivity index (χ3v) is 5.81. The van der Waals surface area contributed by atoms with Crippen molar-refractivity contribution in [3.8, 4) is 11.8 Å². The molecule has 2 heterocycles. The average molecular weight is 415 g/mol. The van der Waals surface area contributed by atoms with E-state index < -0.39 is 5.60 Å². The lowest BCUT2D eigenvalue weighted by molar-refractivity contribution is -0.00565. The van der Waals surface area contributed by atoms with E-state index in [4.69, 9.17) is 33.2 Å². The van der Waals surface area contributed by atoms with E-state index in [1.54, 1.807) is 41.3 Å². The molecule has 2 aliphatic rings. The largest absolute Gasteiger partial charge is 0.484 e. The van der Waals surface area contributed by atoms with Crippen molar-refractivity contribution in [2.75, 3.05) is 13.1 Å². The maximum absolute atomic E-state index is 12.8. The van der Waals surface area contributed by atoms with E-state index in [0.717, 1.165) is 0 Å². The molecule has 2 aliphatic heterocycles. The lowest BCUT2D eigenvalue weighted by Crippen LogP contribution is -2.52. The van der Waals surface area contributed by atoms with Crippen molar-refractivity contribution in [1.29, 1.82) is 5.26 Å². The smallest absolute Gasteiger partial charge is 0.253 e. The van der Waals surface area contributed by atoms with E-state index in [9.17, 15) is 9.59 Å². The topological polar surface area (TPSA) is 70.4 Å². The third-order valence-electron chi connectivity index (χ3n) is 5.31. The molecular formula is C21H16Cl2N2O3. The van der Waals surface area contributed by atoms with Crippen LogP contribution in [0.2, 0.25) is 10.0 Å². The van der Waals surface area contributed by atoms with Gasteiger partial charge in [0, 0.05) is 36.5 Å². The van der Waals surface area contributed by atoms with Gasteiger partial charge in [0.1, 0.15) is 11.4 Å². The highest BCUT2D eigenvalue weighted by atomic mass is 35.5. The Kier molecular flexibility index (Phi) is 4.78. The number of nitrogens with zero attached hydrogens (tertiary/aromatic N) is 2. The number of benzene rings is 2. The Morgan fingerprint density at radius 3 is 2.64 bits per heavy atom. The Hall–Kier alpha value is -2.55. The Balaban J connectivity index is 1.51. The summed E-state index contributed by atoms with van der Waals surface area (Å²) in [6.07, 6.45) is 1.30. The summed E-state index contributed by atoms with van der Waals surface area (Å²) in [4.78, 5) is 27.2. The molecule has 4 rings (SSSR count). The van der Waals surface area contributed by atoms with Crippen molar-refractivity contribution in [3.63, 3.8) is 0 Å². The number of hydrogen-bond donors (Lipinski definition) is 0. The lowest BCUT2D eigenvalue weighted by Gasteiger charge is -2.44. The molecule has 0 aromatic heterocycles. The molecule has 0 N–H and O–H groups in total. The van der Waals surface area contributed by atoms with Crippen LogP contribution in [0.4, 0.5) is 0 Å². The Morgan fingerprint density at radius 2 is 1.93 bits per heavy atom. The number of ketones is 1. The van der Waals surface area contributed by atoms with E-state index in [-0.39, 0.29) is 18.1 Å². The summed E-state index contributed by atoms with van der Waals surface area (Å²) >= 11 is 12.3. The number of nitriles is 1. The number of fused-ring (bicyclic) bond motifs is 1. The number of Topliss-reactive ketones (excluding diaryl/α,β-unsaturated/α-hetero) is 1. The molecule has 142 valence electrons. The predicted molar refractivity (Wildman–Crippen MR) is 105 cm³/mol. The highest BCUT2D eigenvalue weighted by Crippen LogP contribution is 2.44. The molecule has 0 atom stereocenters. The van der Waals surface area contributed by atoms with Gasteiger partial charge in [-0.3, -0.25) is 9.59 Å². The van der Waals surface area contributed by atoms with Crippen LogP contribution >= 0.6 is 23.2 Å². The van der Waals surface area contributed by atoms with Crippen molar-refractivity contribution in [1.82, 2.24) is 4.90 Å². The van der Waals surface area contributed by atoms with Gasteiger partial charge in [0.2, 0.25) is 0 Å². The summed E-state index contributed by atoms with van der Waals surface area (Å²) in [6.45, 7) is 0.923. The molecule has 7 heteroatoms. The fraction of sp³-hybridized carbons (Fsp3) is 0.286. The van der Waals surface area contributed by atoms with E-state index in [1.165, 1.54) is 0 Å². The van der Waals surface area contributed by atoms with Crippen LogP contribution < -0.4 is 4.74 Å². The van der Waals surface area contributed by atoms with Gasteiger partial charge < -0.3 is 9.64 Å². The number of rotatable bonds is 1. The van der Waals surface area contributed by atoms with E-state index in [0.29, 0.717) is 58.4 Å². The molecule has 0 radical (unpaired) electrons. The fourth-order valence-electron chi connectivity index (χ4n) is 3.81. The molecule has 2 aromatic rings. The molecule has 0 aliphatic carbocycles. The van der Waals surface area contributed by atoms with Gasteiger partial charge in [-0.05, 0) is 30.3 Å². The standard InChI is InChI=1S/C21H16Cl2N2O3/c22-15-9-16-18(26)11-21(28-19(16)17(23)10-15)4-6-25(7-5-21)20(27)14-3-1-2-13(8-14)12-24/h1-3,8-10H,4-7,11H2. The summed E-state index contributed by atoms with van der Waals surface area (Å²) in [5, 5.41) is 9.74. The molecule has 5 nitrogen and oxygen atoms in total. The number of amides is 1. The van der Waals surface area contributed by atoms with Crippen LogP contribution in [0.5, 0.6) is 5.75 Å². The van der Waals surface area contributed by atoms with Crippen molar-refractivity contribution in [2.45, 2.75) is 24.9 Å². The Bertz CT molecular complexity index is 1020. The first kappa shape index (κ1) is 18.8. The molecule has 1 fully saturated rings. The van der Waals surface area contributed by atoms with Gasteiger partial charge in [-0.1, -0.05) is 29.3 Å². The molecule has 2 aromatic carbocycles. The Labute approximate surface area is 172 Å². The first-order chi connectivity index (χ1) is 13.4. The Morgan fingerprint density at radius 1 is 1.18 bits per heavy atom. The summed E-state index contributed by atoms with van der Waals surface area (Å²) in [5.41, 5.74) is 0.686. The predicted octanol–water partition coefficient (Wildman–Crippen LogP) is 4.51. The van der Waals surface area contributed by atoms with Crippen LogP contribution in [0, 0.1) is 11.3 Å². The minimum Gasteiger partial charge on any atom is -0.484 e. The zero-order valence-corrected chi connectivity index (χ0v) is 16.4. The van der Waals surface area contributed by atoms with Crippen LogP contribution in [-0.2, 0) is 0 Å². The zero-order chi connectivity index (χ0) is 19.9. The second kappa shape index (κ2) is 7.12. The van der Waals surface area contributed by atoms with Crippen molar-refractivity contribution >= 4 is 34.9 Å². The first-order valence-corrected chi connectivity index (χ1v) is 9.67. The van der Waals surface area contributed by atoms with Gasteiger partial charge in [-0.25, -0.2) is 0 Å². The van der Waals surface area contributed by atoms with Crippen LogP contribution in [0.3, 0.4) is 0 Å². The molecule has 28 heavy (non-hydrogen) atoms. The number of carbonyl (C=O) groups excluding carboxylic acids is 2. The van der Waals surface area contributed by atoms with Crippen molar-refractivity contribution in [3.05, 3.63) is 63.1 Å². The van der Waals surface area contributed by atoms with Crippen LogP contribution in [0.1, 0.15) is 45.5 Å². The second-order valence-electron chi connectivity index (χ2n) is 7.13. The molecule has 1 saturated heterocycles. The van der Waals surface area contributed by atoms with E-state index >= 15 is 0 Å². The number of likely N-dealkylation sites (tertiary alicyclic amines) is 1. The lowest BCUT2D eigenvalue weighted by atomic mass is 9.82. The van der Waals surface area contributed by atoms with Crippen LogP contribution in [0.15, 0.2) is 36.4 Å². The number of carbonyl (C=O) groups is 2. The minimum atomic E-state index is -0.660. The minimum absolute atomic E-state index is 0.0489. The maximum Gasteiger partial charge on any atom is 0.253 e. The zero-order valence-electron chi connectivity index (χ0n) is 14.9. The van der Waals surface area contributed by atoms with Crippen LogP contribution in [-0.4, -0.2) is 35.3 Å².